The molecule has 0 spiro atoms. The first-order chi connectivity index (χ1) is 17.2. The van der Waals surface area contributed by atoms with Gasteiger partial charge in [-0.05, 0) is 49.6 Å². The van der Waals surface area contributed by atoms with E-state index >= 15 is 0 Å². The molecular weight excluding hydrogens is 490 g/mol. The predicted molar refractivity (Wildman–Crippen MR) is 127 cm³/mol. The average molecular weight is 513 g/mol. The first-order valence-electron chi connectivity index (χ1n) is 11.5. The highest BCUT2D eigenvalue weighted by atomic mass is 32.2. The molecule has 2 aromatic heterocycles. The number of sulfonamides is 1. The molecule has 0 N–H and O–H groups in total. The fourth-order valence-corrected chi connectivity index (χ4v) is 6.35. The van der Waals surface area contributed by atoms with E-state index in [1.165, 1.54) is 16.4 Å². The van der Waals surface area contributed by atoms with Crippen molar-refractivity contribution in [2.45, 2.75) is 37.0 Å². The number of aryl methyl sites for hydroxylation is 1. The van der Waals surface area contributed by atoms with Gasteiger partial charge in [-0.3, -0.25) is 0 Å². The molecule has 8 nitrogen and oxygen atoms in total. The number of piperidine rings is 1. The molecule has 0 radical (unpaired) electrons. The molecule has 1 fully saturated rings. The summed E-state index contributed by atoms with van der Waals surface area (Å²) in [5.74, 6) is 0.315. The Labute approximate surface area is 206 Å². The van der Waals surface area contributed by atoms with Crippen molar-refractivity contribution in [3.8, 4) is 22.9 Å². The zero-order valence-electron chi connectivity index (χ0n) is 19.3. The lowest BCUT2D eigenvalue weighted by Gasteiger charge is -2.32. The van der Waals surface area contributed by atoms with Crippen molar-refractivity contribution in [3.05, 3.63) is 66.4 Å². The lowest BCUT2D eigenvalue weighted by Crippen LogP contribution is -2.39. The van der Waals surface area contributed by atoms with Crippen LogP contribution in [0.1, 0.15) is 24.4 Å². The largest absolute Gasteiger partial charge is 0.586 e. The summed E-state index contributed by atoms with van der Waals surface area (Å²) < 4.78 is 65.6. The zero-order valence-corrected chi connectivity index (χ0v) is 20.1. The quantitative estimate of drug-likeness (QED) is 0.392. The Hall–Kier alpha value is -3.57. The predicted octanol–water partition coefficient (Wildman–Crippen LogP) is 4.75. The molecule has 2 aliphatic heterocycles. The molecule has 1 saturated heterocycles. The number of aromatic nitrogens is 3. The topological polar surface area (TPSA) is 86.6 Å². The normalized spacial score (nSPS) is 18.1. The molecule has 0 aliphatic carbocycles. The van der Waals surface area contributed by atoms with E-state index in [1.54, 1.807) is 6.20 Å². The van der Waals surface area contributed by atoms with Crippen molar-refractivity contribution in [1.29, 1.82) is 0 Å². The Balaban J connectivity index is 1.29. The van der Waals surface area contributed by atoms with Gasteiger partial charge in [0.05, 0.1) is 4.90 Å². The minimum Gasteiger partial charge on any atom is -0.395 e. The highest BCUT2D eigenvalue weighted by molar-refractivity contribution is 7.89. The minimum absolute atomic E-state index is 0.0126. The van der Waals surface area contributed by atoms with Crippen LogP contribution in [-0.2, 0) is 10.0 Å². The summed E-state index contributed by atoms with van der Waals surface area (Å²) in [6, 6.07) is 15.3. The summed E-state index contributed by atoms with van der Waals surface area (Å²) in [6.07, 6.45) is -0.990. The average Bonchev–Trinajstić information content (AvgIpc) is 3.39. The monoisotopic (exact) mass is 512 g/mol. The molecule has 0 saturated carbocycles. The Morgan fingerprint density at radius 3 is 2.53 bits per heavy atom. The first kappa shape index (κ1) is 22.9. The molecule has 6 rings (SSSR count). The van der Waals surface area contributed by atoms with Gasteiger partial charge in [0.1, 0.15) is 11.3 Å². The van der Waals surface area contributed by atoms with Crippen LogP contribution < -0.4 is 9.47 Å². The van der Waals surface area contributed by atoms with Gasteiger partial charge < -0.3 is 14.0 Å². The standard InChI is InChI=1S/C25H22F2N4O4S/c1-16-5-2-3-6-19(16)23-29-20-7-4-12-28-24(20)31(23)17-10-13-30(14-11-17)36(32,33)18-8-9-21-22(15-18)35-25(26,27)34-21/h2-9,12,15,17H,10-11,13-14H2,1H3. The van der Waals surface area contributed by atoms with Crippen molar-refractivity contribution < 1.29 is 26.7 Å². The summed E-state index contributed by atoms with van der Waals surface area (Å²) in [7, 11) is -3.91. The number of benzene rings is 2. The molecule has 0 bridgehead atoms. The number of pyridine rings is 1. The van der Waals surface area contributed by atoms with Gasteiger partial charge in [0.2, 0.25) is 10.0 Å². The maximum Gasteiger partial charge on any atom is 0.586 e. The molecule has 2 aliphatic rings. The molecule has 0 atom stereocenters. The van der Waals surface area contributed by atoms with Crippen LogP contribution >= 0.6 is 0 Å². The van der Waals surface area contributed by atoms with Crippen molar-refractivity contribution >= 4 is 21.2 Å². The Morgan fingerprint density at radius 2 is 1.75 bits per heavy atom. The highest BCUT2D eigenvalue weighted by Crippen LogP contribution is 2.42. The number of hydrogen-bond donors (Lipinski definition) is 0. The Kier molecular flexibility index (Phi) is 5.23. The van der Waals surface area contributed by atoms with Crippen molar-refractivity contribution in [3.63, 3.8) is 0 Å². The summed E-state index contributed by atoms with van der Waals surface area (Å²) in [4.78, 5) is 9.32. The maximum absolute atomic E-state index is 13.4. The Morgan fingerprint density at radius 1 is 1.00 bits per heavy atom. The van der Waals surface area contributed by atoms with Crippen LogP contribution in [0.3, 0.4) is 0 Å². The maximum atomic E-state index is 13.4. The number of halogens is 2. The van der Waals surface area contributed by atoms with E-state index in [-0.39, 0.29) is 35.5 Å². The van der Waals surface area contributed by atoms with Gasteiger partial charge in [-0.25, -0.2) is 18.4 Å². The van der Waals surface area contributed by atoms with Crippen molar-refractivity contribution in [2.75, 3.05) is 13.1 Å². The van der Waals surface area contributed by atoms with Gasteiger partial charge in [-0.2, -0.15) is 4.31 Å². The number of fused-ring (bicyclic) bond motifs is 2. The van der Waals surface area contributed by atoms with Gasteiger partial charge in [0.25, 0.3) is 0 Å². The van der Waals surface area contributed by atoms with Gasteiger partial charge in [-0.1, -0.05) is 24.3 Å². The molecular formula is C25H22F2N4O4S. The third-order valence-corrected chi connectivity index (χ3v) is 8.53. The number of hydrogen-bond acceptors (Lipinski definition) is 6. The van der Waals surface area contributed by atoms with Crippen LogP contribution in [0.15, 0.2) is 65.7 Å². The first-order valence-corrected chi connectivity index (χ1v) is 13.0. The van der Waals surface area contributed by atoms with Gasteiger partial charge >= 0.3 is 6.29 Å². The van der Waals surface area contributed by atoms with Crippen LogP contribution in [0.5, 0.6) is 11.5 Å². The third-order valence-electron chi connectivity index (χ3n) is 6.63. The second kappa shape index (κ2) is 8.24. The fourth-order valence-electron chi connectivity index (χ4n) is 4.87. The molecule has 0 unspecified atom stereocenters. The van der Waals surface area contributed by atoms with E-state index < -0.39 is 16.3 Å². The van der Waals surface area contributed by atoms with Crippen molar-refractivity contribution in [1.82, 2.24) is 18.8 Å². The molecule has 11 heteroatoms. The number of rotatable bonds is 4. The van der Waals surface area contributed by atoms with E-state index in [2.05, 4.69) is 19.0 Å². The van der Waals surface area contributed by atoms with Gasteiger partial charge in [0.15, 0.2) is 17.1 Å². The second-order valence-electron chi connectivity index (χ2n) is 8.88. The molecule has 186 valence electrons. The smallest absolute Gasteiger partial charge is 0.395 e. The summed E-state index contributed by atoms with van der Waals surface area (Å²) in [6.45, 7) is 2.55. The molecule has 36 heavy (non-hydrogen) atoms. The highest BCUT2D eigenvalue weighted by Gasteiger charge is 2.44. The van der Waals surface area contributed by atoms with Crippen LogP contribution in [0.2, 0.25) is 0 Å². The lowest BCUT2D eigenvalue weighted by molar-refractivity contribution is -0.286. The van der Waals surface area contributed by atoms with Crippen LogP contribution in [-0.4, -0.2) is 46.6 Å². The van der Waals surface area contributed by atoms with Crippen molar-refractivity contribution in [2.24, 2.45) is 0 Å². The fraction of sp³-hybridized carbons (Fsp3) is 0.280. The Bertz CT molecular complexity index is 1580. The molecule has 0 amide bonds. The van der Waals surface area contributed by atoms with E-state index in [9.17, 15) is 17.2 Å². The van der Waals surface area contributed by atoms with Gasteiger partial charge in [-0.15, -0.1) is 8.78 Å². The molecule has 4 aromatic rings. The number of ether oxygens (including phenoxy) is 2. The zero-order chi connectivity index (χ0) is 25.1. The summed E-state index contributed by atoms with van der Waals surface area (Å²) in [5, 5.41) is 0. The van der Waals surface area contributed by atoms with Crippen LogP contribution in [0, 0.1) is 6.92 Å². The number of alkyl halides is 2. The SMILES string of the molecule is Cc1ccccc1-c1nc2cccnc2n1C1CCN(S(=O)(=O)c2ccc3c(c2)OC(F)(F)O3)CC1. The van der Waals surface area contributed by atoms with E-state index in [1.807, 2.05) is 43.3 Å². The number of nitrogens with zero attached hydrogens (tertiary/aromatic N) is 4. The summed E-state index contributed by atoms with van der Waals surface area (Å²) in [5.41, 5.74) is 3.63. The van der Waals surface area contributed by atoms with E-state index in [0.29, 0.717) is 12.8 Å². The minimum atomic E-state index is -3.91. The van der Waals surface area contributed by atoms with Crippen LogP contribution in [0.25, 0.3) is 22.6 Å². The lowest BCUT2D eigenvalue weighted by atomic mass is 10.0. The van der Waals surface area contributed by atoms with Gasteiger partial charge in [0, 0.05) is 37.0 Å². The summed E-state index contributed by atoms with van der Waals surface area (Å²) >= 11 is 0. The van der Waals surface area contributed by atoms with E-state index in [0.717, 1.165) is 34.2 Å². The van der Waals surface area contributed by atoms with Crippen LogP contribution in [0.4, 0.5) is 8.78 Å². The third kappa shape index (κ3) is 3.79. The second-order valence-corrected chi connectivity index (χ2v) is 10.8. The molecule has 4 heterocycles. The van der Waals surface area contributed by atoms with E-state index in [4.69, 9.17) is 4.98 Å². The number of imidazole rings is 1. The molecule has 2 aromatic carbocycles.